The molecule has 20 heavy (non-hydrogen) atoms. The summed E-state index contributed by atoms with van der Waals surface area (Å²) in [4.78, 5) is 23.3. The van der Waals surface area contributed by atoms with Gasteiger partial charge in [-0.15, -0.1) is 5.10 Å². The van der Waals surface area contributed by atoms with Crippen LogP contribution in [0.1, 0.15) is 39.2 Å². The lowest BCUT2D eigenvalue weighted by Gasteiger charge is -2.21. The third-order valence-corrected chi connectivity index (χ3v) is 4.13. The van der Waals surface area contributed by atoms with Crippen LogP contribution >= 0.6 is 11.8 Å². The number of hydrogen-bond acceptors (Lipinski definition) is 6. The monoisotopic (exact) mass is 300 g/mol. The number of aromatic amines is 1. The molecule has 0 amide bonds. The van der Waals surface area contributed by atoms with Crippen molar-refractivity contribution in [1.29, 1.82) is 0 Å². The van der Waals surface area contributed by atoms with Crippen LogP contribution in [0, 0.1) is 0 Å². The maximum Gasteiger partial charge on any atom is 0.344 e. The number of rotatable bonds is 7. The van der Waals surface area contributed by atoms with Crippen molar-refractivity contribution in [3.63, 3.8) is 0 Å². The van der Waals surface area contributed by atoms with Gasteiger partial charge in [-0.25, -0.2) is 9.89 Å². The highest BCUT2D eigenvalue weighted by Gasteiger charge is 2.31. The van der Waals surface area contributed by atoms with Gasteiger partial charge >= 0.3 is 11.7 Å². The van der Waals surface area contributed by atoms with Gasteiger partial charge in [-0.3, -0.25) is 9.36 Å². The van der Waals surface area contributed by atoms with E-state index in [4.69, 9.17) is 10.5 Å². The third-order valence-electron chi connectivity index (χ3n) is 3.18. The highest BCUT2D eigenvalue weighted by Crippen LogP contribution is 2.36. The van der Waals surface area contributed by atoms with E-state index in [1.807, 2.05) is 0 Å². The Morgan fingerprint density at radius 2 is 2.35 bits per heavy atom. The van der Waals surface area contributed by atoms with Crippen LogP contribution in [0.4, 0.5) is 0 Å². The molecule has 2 rings (SSSR count). The van der Waals surface area contributed by atoms with Crippen molar-refractivity contribution in [2.75, 3.05) is 12.4 Å². The van der Waals surface area contributed by atoms with Crippen molar-refractivity contribution >= 4 is 17.7 Å². The Morgan fingerprint density at radius 3 is 2.95 bits per heavy atom. The number of carbonyl (C=O) groups is 1. The minimum Gasteiger partial charge on any atom is -0.465 e. The molecule has 1 aliphatic rings. The molecule has 0 bridgehead atoms. The molecule has 0 spiro atoms. The van der Waals surface area contributed by atoms with E-state index in [-0.39, 0.29) is 11.7 Å². The third kappa shape index (κ3) is 3.43. The van der Waals surface area contributed by atoms with Crippen molar-refractivity contribution in [3.8, 4) is 0 Å². The number of carbonyl (C=O) groups excluding carboxylic acids is 1. The van der Waals surface area contributed by atoms with E-state index in [2.05, 4.69) is 10.2 Å². The maximum atomic E-state index is 11.7. The number of H-pyrrole nitrogens is 1. The predicted molar refractivity (Wildman–Crippen MR) is 75.7 cm³/mol. The Bertz CT molecular complexity index is 533. The first-order valence-electron chi connectivity index (χ1n) is 6.71. The van der Waals surface area contributed by atoms with Crippen molar-refractivity contribution in [3.05, 3.63) is 10.5 Å². The molecule has 0 saturated heterocycles. The molecule has 0 aromatic carbocycles. The molecule has 8 heteroatoms. The van der Waals surface area contributed by atoms with Crippen molar-refractivity contribution < 1.29 is 9.53 Å². The quantitative estimate of drug-likeness (QED) is 0.566. The second-order valence-electron chi connectivity index (χ2n) is 5.15. The average molecular weight is 300 g/mol. The molecule has 1 fully saturated rings. The lowest BCUT2D eigenvalue weighted by molar-refractivity contribution is -0.149. The van der Waals surface area contributed by atoms with Crippen LogP contribution in [0.2, 0.25) is 0 Å². The van der Waals surface area contributed by atoms with E-state index in [0.717, 1.165) is 12.8 Å². The molecule has 1 saturated carbocycles. The fourth-order valence-electron chi connectivity index (χ4n) is 1.80. The smallest absolute Gasteiger partial charge is 0.344 e. The number of esters is 1. The highest BCUT2D eigenvalue weighted by molar-refractivity contribution is 7.99. The Labute approximate surface area is 121 Å². The predicted octanol–water partition coefficient (Wildman–Crippen LogP) is 0.669. The van der Waals surface area contributed by atoms with E-state index < -0.39 is 11.5 Å². The van der Waals surface area contributed by atoms with E-state index in [0.29, 0.717) is 23.9 Å². The summed E-state index contributed by atoms with van der Waals surface area (Å²) < 4.78 is 6.62. The number of nitrogens with one attached hydrogen (secondary N) is 1. The Morgan fingerprint density at radius 1 is 1.65 bits per heavy atom. The number of nitrogens with zero attached hydrogens (tertiary/aromatic N) is 2. The van der Waals surface area contributed by atoms with Gasteiger partial charge in [0.15, 0.2) is 5.16 Å². The van der Waals surface area contributed by atoms with Gasteiger partial charge in [0.1, 0.15) is 5.54 Å². The molecule has 7 nitrogen and oxygen atoms in total. The van der Waals surface area contributed by atoms with Crippen LogP contribution in [0.5, 0.6) is 0 Å². The van der Waals surface area contributed by atoms with E-state index in [9.17, 15) is 9.59 Å². The molecule has 112 valence electrons. The van der Waals surface area contributed by atoms with Crippen molar-refractivity contribution in [1.82, 2.24) is 14.8 Å². The van der Waals surface area contributed by atoms with E-state index in [1.54, 1.807) is 18.4 Å². The summed E-state index contributed by atoms with van der Waals surface area (Å²) in [7, 11) is 0. The van der Waals surface area contributed by atoms with Gasteiger partial charge in [0.2, 0.25) is 0 Å². The Balaban J connectivity index is 1.90. The summed E-state index contributed by atoms with van der Waals surface area (Å²) in [5.74, 6) is 0.199. The normalized spacial score (nSPS) is 17.8. The standard InChI is InChI=1S/C12H20N4O3S/c1-3-19-9(17)12(2,13)6-7-20-11-15-14-10(18)16(11)8-4-5-8/h8H,3-7,13H2,1-2H3,(H,14,18). The molecule has 1 unspecified atom stereocenters. The molecular weight excluding hydrogens is 280 g/mol. The zero-order valence-corrected chi connectivity index (χ0v) is 12.5. The molecule has 0 radical (unpaired) electrons. The number of ether oxygens (including phenoxy) is 1. The van der Waals surface area contributed by atoms with Gasteiger partial charge in [0, 0.05) is 11.8 Å². The van der Waals surface area contributed by atoms with Gasteiger partial charge < -0.3 is 10.5 Å². The van der Waals surface area contributed by atoms with Gasteiger partial charge in [-0.2, -0.15) is 0 Å². The minimum atomic E-state index is -1.01. The minimum absolute atomic E-state index is 0.170. The topological polar surface area (TPSA) is 103 Å². The van der Waals surface area contributed by atoms with Crippen molar-refractivity contribution in [2.45, 2.75) is 49.8 Å². The fourth-order valence-corrected chi connectivity index (χ4v) is 2.99. The number of hydrogen-bond donors (Lipinski definition) is 2. The lowest BCUT2D eigenvalue weighted by Crippen LogP contribution is -2.46. The summed E-state index contributed by atoms with van der Waals surface area (Å²) in [6, 6.07) is 0.276. The van der Waals surface area contributed by atoms with E-state index in [1.165, 1.54) is 11.8 Å². The summed E-state index contributed by atoms with van der Waals surface area (Å²) >= 11 is 1.43. The lowest BCUT2D eigenvalue weighted by atomic mass is 10.0. The van der Waals surface area contributed by atoms with Crippen molar-refractivity contribution in [2.24, 2.45) is 5.73 Å². The summed E-state index contributed by atoms with van der Waals surface area (Å²) in [6.07, 6.45) is 2.50. The zero-order chi connectivity index (χ0) is 14.8. The van der Waals surface area contributed by atoms with Gasteiger partial charge in [0.05, 0.1) is 6.61 Å². The molecule has 3 N–H and O–H groups in total. The molecule has 1 aromatic heterocycles. The second kappa shape index (κ2) is 6.01. The number of thioether (sulfide) groups is 1. The highest BCUT2D eigenvalue weighted by atomic mass is 32.2. The number of aromatic nitrogens is 3. The molecule has 1 aliphatic carbocycles. The molecule has 1 heterocycles. The SMILES string of the molecule is CCOC(=O)C(C)(N)CCSc1n[nH]c(=O)n1C1CC1. The Kier molecular flexibility index (Phi) is 4.54. The van der Waals surface area contributed by atoms with Gasteiger partial charge in [-0.05, 0) is 33.1 Å². The molecular formula is C12H20N4O3S. The molecule has 1 atom stereocenters. The first-order valence-corrected chi connectivity index (χ1v) is 7.70. The fraction of sp³-hybridized carbons (Fsp3) is 0.750. The largest absolute Gasteiger partial charge is 0.465 e. The van der Waals surface area contributed by atoms with Crippen LogP contribution in [-0.2, 0) is 9.53 Å². The van der Waals surface area contributed by atoms with Crippen LogP contribution in [-0.4, -0.2) is 38.6 Å². The first kappa shape index (κ1) is 15.1. The maximum absolute atomic E-state index is 11.7. The number of nitrogens with two attached hydrogens (primary N) is 1. The Hall–Kier alpha value is -1.28. The average Bonchev–Trinajstić information content (AvgIpc) is 3.15. The summed E-state index contributed by atoms with van der Waals surface area (Å²) in [5.41, 5.74) is 4.76. The summed E-state index contributed by atoms with van der Waals surface area (Å²) in [5, 5.41) is 7.14. The van der Waals surface area contributed by atoms with Gasteiger partial charge in [-0.1, -0.05) is 11.8 Å². The van der Waals surface area contributed by atoms with Crippen LogP contribution in [0.15, 0.2) is 9.95 Å². The molecule has 1 aromatic rings. The van der Waals surface area contributed by atoms with Crippen LogP contribution in [0.25, 0.3) is 0 Å². The van der Waals surface area contributed by atoms with Crippen LogP contribution in [0.3, 0.4) is 0 Å². The zero-order valence-electron chi connectivity index (χ0n) is 11.7. The summed E-state index contributed by atoms with van der Waals surface area (Å²) in [6.45, 7) is 3.73. The molecule has 0 aliphatic heterocycles. The first-order chi connectivity index (χ1) is 9.45. The van der Waals surface area contributed by atoms with Gasteiger partial charge in [0.25, 0.3) is 0 Å². The van der Waals surface area contributed by atoms with E-state index >= 15 is 0 Å². The second-order valence-corrected chi connectivity index (χ2v) is 6.21. The van der Waals surface area contributed by atoms with Crippen LogP contribution < -0.4 is 11.4 Å².